The van der Waals surface area contributed by atoms with Gasteiger partial charge in [-0.3, -0.25) is 4.90 Å². The number of halogens is 4. The molecule has 0 amide bonds. The highest BCUT2D eigenvalue weighted by atomic mass is 19.4. The summed E-state index contributed by atoms with van der Waals surface area (Å²) in [5, 5.41) is 0. The topological polar surface area (TPSA) is 29.3 Å². The van der Waals surface area contributed by atoms with Crippen molar-refractivity contribution in [2.75, 3.05) is 13.6 Å². The normalized spacial score (nSPS) is 14.1. The van der Waals surface area contributed by atoms with Crippen LogP contribution in [0.2, 0.25) is 0 Å². The zero-order valence-corrected chi connectivity index (χ0v) is 9.34. The van der Waals surface area contributed by atoms with Gasteiger partial charge in [0.1, 0.15) is 11.9 Å². The van der Waals surface area contributed by atoms with E-state index in [2.05, 4.69) is 0 Å². The standard InChI is InChI=1S/C11H14F4N2/c1-17(10(6-16)11(13,14)15)7-8-4-2-3-5-9(8)12/h2-5,10H,6-7,16H2,1H3. The first-order valence-corrected chi connectivity index (χ1v) is 5.06. The van der Waals surface area contributed by atoms with E-state index in [-0.39, 0.29) is 12.1 Å². The van der Waals surface area contributed by atoms with Gasteiger partial charge in [0.25, 0.3) is 0 Å². The molecule has 6 heteroatoms. The van der Waals surface area contributed by atoms with E-state index < -0.39 is 24.6 Å². The summed E-state index contributed by atoms with van der Waals surface area (Å²) in [4.78, 5) is 0.998. The van der Waals surface area contributed by atoms with E-state index in [9.17, 15) is 17.6 Å². The molecule has 1 aromatic rings. The number of nitrogens with two attached hydrogens (primary N) is 1. The van der Waals surface area contributed by atoms with Crippen molar-refractivity contribution in [3.8, 4) is 0 Å². The van der Waals surface area contributed by atoms with Crippen LogP contribution in [0.1, 0.15) is 5.56 Å². The quantitative estimate of drug-likeness (QED) is 0.830. The minimum absolute atomic E-state index is 0.131. The average Bonchev–Trinajstić information content (AvgIpc) is 2.20. The van der Waals surface area contributed by atoms with Gasteiger partial charge in [-0.2, -0.15) is 13.2 Å². The Balaban J connectivity index is 2.78. The van der Waals surface area contributed by atoms with Gasteiger partial charge in [-0.25, -0.2) is 4.39 Å². The number of benzene rings is 1. The molecule has 0 fully saturated rings. The van der Waals surface area contributed by atoms with E-state index in [1.165, 1.54) is 25.2 Å². The van der Waals surface area contributed by atoms with Crippen LogP contribution in [-0.2, 0) is 6.54 Å². The Morgan fingerprint density at radius 2 is 1.88 bits per heavy atom. The lowest BCUT2D eigenvalue weighted by molar-refractivity contribution is -0.178. The highest BCUT2D eigenvalue weighted by Gasteiger charge is 2.41. The van der Waals surface area contributed by atoms with Crippen molar-refractivity contribution in [2.45, 2.75) is 18.8 Å². The summed E-state index contributed by atoms with van der Waals surface area (Å²) in [5.41, 5.74) is 5.32. The molecule has 0 saturated carbocycles. The molecule has 0 aromatic heterocycles. The third-order valence-electron chi connectivity index (χ3n) is 2.51. The van der Waals surface area contributed by atoms with Crippen molar-refractivity contribution < 1.29 is 17.6 Å². The van der Waals surface area contributed by atoms with Crippen LogP contribution in [-0.4, -0.2) is 30.7 Å². The van der Waals surface area contributed by atoms with E-state index in [0.29, 0.717) is 0 Å². The van der Waals surface area contributed by atoms with Crippen LogP contribution in [0, 0.1) is 5.82 Å². The smallest absolute Gasteiger partial charge is 0.329 e. The highest BCUT2D eigenvalue weighted by molar-refractivity contribution is 5.17. The Hall–Kier alpha value is -1.14. The minimum atomic E-state index is -4.41. The van der Waals surface area contributed by atoms with Crippen LogP contribution in [0.5, 0.6) is 0 Å². The van der Waals surface area contributed by atoms with Crippen molar-refractivity contribution in [3.63, 3.8) is 0 Å². The predicted molar refractivity (Wildman–Crippen MR) is 56.8 cm³/mol. The molecule has 2 nitrogen and oxygen atoms in total. The maximum Gasteiger partial charge on any atom is 0.405 e. The van der Waals surface area contributed by atoms with Gasteiger partial charge in [0, 0.05) is 18.7 Å². The van der Waals surface area contributed by atoms with Gasteiger partial charge in [0.15, 0.2) is 0 Å². The molecule has 17 heavy (non-hydrogen) atoms. The molecule has 0 saturated heterocycles. The molecule has 96 valence electrons. The third-order valence-corrected chi connectivity index (χ3v) is 2.51. The summed E-state index contributed by atoms with van der Waals surface area (Å²) in [6.07, 6.45) is -4.41. The Labute approximate surface area is 97.0 Å². The van der Waals surface area contributed by atoms with E-state index in [1.54, 1.807) is 6.07 Å². The number of rotatable bonds is 4. The summed E-state index contributed by atoms with van der Waals surface area (Å²) in [7, 11) is 1.28. The number of hydrogen-bond donors (Lipinski definition) is 1. The van der Waals surface area contributed by atoms with Gasteiger partial charge in [0.05, 0.1) is 0 Å². The SMILES string of the molecule is CN(Cc1ccccc1F)C(CN)C(F)(F)F. The molecule has 0 aliphatic rings. The van der Waals surface area contributed by atoms with E-state index in [0.717, 1.165) is 4.90 Å². The second kappa shape index (κ2) is 5.46. The van der Waals surface area contributed by atoms with Crippen LogP contribution in [0.25, 0.3) is 0 Å². The summed E-state index contributed by atoms with van der Waals surface area (Å²) < 4.78 is 51.0. The number of alkyl halides is 3. The molecule has 1 atom stereocenters. The van der Waals surface area contributed by atoms with Gasteiger partial charge >= 0.3 is 6.18 Å². The maximum atomic E-state index is 13.3. The highest BCUT2D eigenvalue weighted by Crippen LogP contribution is 2.24. The van der Waals surface area contributed by atoms with Gasteiger partial charge in [-0.15, -0.1) is 0 Å². The molecule has 0 heterocycles. The predicted octanol–water partition coefficient (Wildman–Crippen LogP) is 2.15. The maximum absolute atomic E-state index is 13.3. The van der Waals surface area contributed by atoms with E-state index in [4.69, 9.17) is 5.73 Å². The summed E-state index contributed by atoms with van der Waals surface area (Å²) in [6, 6.07) is 3.98. The molecule has 0 aliphatic heterocycles. The van der Waals surface area contributed by atoms with Crippen LogP contribution >= 0.6 is 0 Å². The first-order valence-electron chi connectivity index (χ1n) is 5.06. The third kappa shape index (κ3) is 3.67. The van der Waals surface area contributed by atoms with Crippen LogP contribution in [0.4, 0.5) is 17.6 Å². The molecule has 0 aliphatic carbocycles. The largest absolute Gasteiger partial charge is 0.405 e. The van der Waals surface area contributed by atoms with Crippen molar-refractivity contribution in [3.05, 3.63) is 35.6 Å². The van der Waals surface area contributed by atoms with E-state index in [1.807, 2.05) is 0 Å². The molecule has 2 N–H and O–H groups in total. The second-order valence-corrected chi connectivity index (χ2v) is 3.80. The monoisotopic (exact) mass is 250 g/mol. The fraction of sp³-hybridized carbons (Fsp3) is 0.455. The zero-order chi connectivity index (χ0) is 13.1. The fourth-order valence-electron chi connectivity index (χ4n) is 1.57. The molecular weight excluding hydrogens is 236 g/mol. The van der Waals surface area contributed by atoms with Crippen LogP contribution in [0.15, 0.2) is 24.3 Å². The van der Waals surface area contributed by atoms with Gasteiger partial charge in [-0.05, 0) is 13.1 Å². The van der Waals surface area contributed by atoms with Gasteiger partial charge < -0.3 is 5.73 Å². The Bertz CT molecular complexity index is 365. The Morgan fingerprint density at radius 1 is 1.29 bits per heavy atom. The molecule has 1 unspecified atom stereocenters. The summed E-state index contributed by atoms with van der Waals surface area (Å²) in [6.45, 7) is -0.678. The van der Waals surface area contributed by atoms with Crippen molar-refractivity contribution in [2.24, 2.45) is 5.73 Å². The van der Waals surface area contributed by atoms with Crippen molar-refractivity contribution in [1.29, 1.82) is 0 Å². The van der Waals surface area contributed by atoms with Crippen LogP contribution in [0.3, 0.4) is 0 Å². The Kier molecular flexibility index (Phi) is 4.47. The fourth-order valence-corrected chi connectivity index (χ4v) is 1.57. The molecule has 1 rings (SSSR count). The number of hydrogen-bond acceptors (Lipinski definition) is 2. The number of nitrogens with zero attached hydrogens (tertiary/aromatic N) is 1. The minimum Gasteiger partial charge on any atom is -0.329 e. The van der Waals surface area contributed by atoms with Gasteiger partial charge in [0.2, 0.25) is 0 Å². The zero-order valence-electron chi connectivity index (χ0n) is 9.34. The molecule has 0 bridgehead atoms. The summed E-state index contributed by atoms with van der Waals surface area (Å²) >= 11 is 0. The first kappa shape index (κ1) is 13.9. The average molecular weight is 250 g/mol. The lowest BCUT2D eigenvalue weighted by atomic mass is 10.1. The molecule has 1 aromatic carbocycles. The Morgan fingerprint density at radius 3 is 2.35 bits per heavy atom. The van der Waals surface area contributed by atoms with Crippen molar-refractivity contribution >= 4 is 0 Å². The lowest BCUT2D eigenvalue weighted by Crippen LogP contribution is -2.48. The molecule has 0 radical (unpaired) electrons. The van der Waals surface area contributed by atoms with E-state index >= 15 is 0 Å². The molecular formula is C11H14F4N2. The van der Waals surface area contributed by atoms with Gasteiger partial charge in [-0.1, -0.05) is 18.2 Å². The first-order chi connectivity index (χ1) is 7.86. The molecule has 0 spiro atoms. The number of likely N-dealkylation sites (N-methyl/N-ethyl adjacent to an activating group) is 1. The van der Waals surface area contributed by atoms with Crippen LogP contribution < -0.4 is 5.73 Å². The second-order valence-electron chi connectivity index (χ2n) is 3.80. The lowest BCUT2D eigenvalue weighted by Gasteiger charge is -2.28. The van der Waals surface area contributed by atoms with Crippen molar-refractivity contribution in [1.82, 2.24) is 4.90 Å². The summed E-state index contributed by atoms with van der Waals surface area (Å²) in [5.74, 6) is -0.516.